The molecule has 1 aliphatic rings. The molecule has 1 aromatic rings. The van der Waals surface area contributed by atoms with Crippen molar-refractivity contribution in [3.63, 3.8) is 0 Å². The number of aliphatic carboxylic acids is 1. The molecule has 1 saturated heterocycles. The van der Waals surface area contributed by atoms with Crippen LogP contribution in [-0.2, 0) is 4.79 Å². The molecule has 0 aliphatic carbocycles. The molecule has 6 nitrogen and oxygen atoms in total. The summed E-state index contributed by atoms with van der Waals surface area (Å²) >= 11 is 0. The first-order chi connectivity index (χ1) is 10.1. The Morgan fingerprint density at radius 2 is 1.67 bits per heavy atom. The van der Waals surface area contributed by atoms with Crippen molar-refractivity contribution >= 4 is 11.9 Å². The fourth-order valence-corrected chi connectivity index (χ4v) is 2.42. The van der Waals surface area contributed by atoms with E-state index in [1.165, 1.54) is 12.1 Å². The largest absolute Gasteiger partial charge is 0.508 e. The average molecular weight is 292 g/mol. The van der Waals surface area contributed by atoms with Crippen LogP contribution in [0.5, 0.6) is 5.75 Å². The van der Waals surface area contributed by atoms with Gasteiger partial charge in [0.15, 0.2) is 0 Å². The summed E-state index contributed by atoms with van der Waals surface area (Å²) in [5, 5.41) is 17.8. The maximum Gasteiger partial charge on any atom is 0.303 e. The van der Waals surface area contributed by atoms with Crippen molar-refractivity contribution in [1.29, 1.82) is 0 Å². The van der Waals surface area contributed by atoms with Gasteiger partial charge in [-0.2, -0.15) is 0 Å². The number of aromatic hydroxyl groups is 1. The summed E-state index contributed by atoms with van der Waals surface area (Å²) in [6.45, 7) is 3.58. The number of hydrogen-bond acceptors (Lipinski definition) is 4. The molecular formula is C15H20N2O4. The molecule has 1 amide bonds. The molecule has 1 heterocycles. The van der Waals surface area contributed by atoms with Crippen molar-refractivity contribution in [2.45, 2.75) is 12.8 Å². The molecule has 1 fully saturated rings. The van der Waals surface area contributed by atoms with Crippen molar-refractivity contribution in [1.82, 2.24) is 9.80 Å². The molecule has 2 rings (SSSR count). The first-order valence-electron chi connectivity index (χ1n) is 7.09. The summed E-state index contributed by atoms with van der Waals surface area (Å²) in [6, 6.07) is 6.26. The Bertz CT molecular complexity index is 493. The Labute approximate surface area is 123 Å². The predicted octanol–water partition coefficient (Wildman–Crippen LogP) is 1.01. The molecule has 21 heavy (non-hydrogen) atoms. The zero-order valence-corrected chi connectivity index (χ0v) is 11.9. The molecule has 114 valence electrons. The van der Waals surface area contributed by atoms with Crippen molar-refractivity contribution in [3.05, 3.63) is 29.8 Å². The second-order valence-corrected chi connectivity index (χ2v) is 5.18. The third-order valence-corrected chi connectivity index (χ3v) is 3.64. The number of hydrogen-bond donors (Lipinski definition) is 2. The quantitative estimate of drug-likeness (QED) is 0.846. The van der Waals surface area contributed by atoms with E-state index in [1.54, 1.807) is 17.0 Å². The maximum atomic E-state index is 12.3. The van der Waals surface area contributed by atoms with Crippen molar-refractivity contribution in [2.75, 3.05) is 32.7 Å². The third-order valence-electron chi connectivity index (χ3n) is 3.64. The van der Waals surface area contributed by atoms with Gasteiger partial charge in [-0.15, -0.1) is 0 Å². The zero-order chi connectivity index (χ0) is 15.2. The molecule has 0 saturated carbocycles. The number of phenols is 1. The molecule has 0 radical (unpaired) electrons. The van der Waals surface area contributed by atoms with E-state index in [4.69, 9.17) is 5.11 Å². The summed E-state index contributed by atoms with van der Waals surface area (Å²) in [5.74, 6) is -0.647. The lowest BCUT2D eigenvalue weighted by Crippen LogP contribution is -2.48. The second-order valence-electron chi connectivity index (χ2n) is 5.18. The molecule has 0 bridgehead atoms. The van der Waals surface area contributed by atoms with Gasteiger partial charge in [-0.1, -0.05) is 0 Å². The minimum atomic E-state index is -0.767. The lowest BCUT2D eigenvalue weighted by Gasteiger charge is -2.34. The summed E-state index contributed by atoms with van der Waals surface area (Å²) in [5.41, 5.74) is 0.576. The Kier molecular flexibility index (Phi) is 5.16. The van der Waals surface area contributed by atoms with Gasteiger partial charge in [0.2, 0.25) is 0 Å². The van der Waals surface area contributed by atoms with E-state index in [-0.39, 0.29) is 18.1 Å². The highest BCUT2D eigenvalue weighted by Crippen LogP contribution is 2.13. The highest BCUT2D eigenvalue weighted by atomic mass is 16.4. The standard InChI is InChI=1S/C15H20N2O4/c18-13-5-3-12(4-6-13)15(21)17-10-8-16(9-11-17)7-1-2-14(19)20/h3-6,18H,1-2,7-11H2,(H,19,20). The van der Waals surface area contributed by atoms with E-state index in [1.807, 2.05) is 0 Å². The molecule has 1 aliphatic heterocycles. The third kappa shape index (κ3) is 4.46. The zero-order valence-electron chi connectivity index (χ0n) is 11.9. The number of rotatable bonds is 5. The van der Waals surface area contributed by atoms with Crippen LogP contribution in [0.15, 0.2) is 24.3 Å². The summed E-state index contributed by atoms with van der Waals surface area (Å²) < 4.78 is 0. The summed E-state index contributed by atoms with van der Waals surface area (Å²) in [4.78, 5) is 26.7. The minimum Gasteiger partial charge on any atom is -0.508 e. The lowest BCUT2D eigenvalue weighted by atomic mass is 10.1. The second kappa shape index (κ2) is 7.08. The van der Waals surface area contributed by atoms with E-state index in [9.17, 15) is 14.7 Å². The minimum absolute atomic E-state index is 0.0276. The van der Waals surface area contributed by atoms with Crippen molar-refractivity contribution in [3.8, 4) is 5.75 Å². The first kappa shape index (κ1) is 15.3. The van der Waals surface area contributed by atoms with Crippen LogP contribution >= 0.6 is 0 Å². The van der Waals surface area contributed by atoms with E-state index < -0.39 is 5.97 Å². The van der Waals surface area contributed by atoms with Crippen molar-refractivity contribution in [2.24, 2.45) is 0 Å². The number of piperazine rings is 1. The number of carbonyl (C=O) groups excluding carboxylic acids is 1. The molecule has 0 aromatic heterocycles. The van der Waals surface area contributed by atoms with E-state index >= 15 is 0 Å². The average Bonchev–Trinajstić information content (AvgIpc) is 2.48. The van der Waals surface area contributed by atoms with E-state index in [2.05, 4.69) is 4.90 Å². The van der Waals surface area contributed by atoms with E-state index in [0.29, 0.717) is 25.1 Å². The highest BCUT2D eigenvalue weighted by Gasteiger charge is 2.21. The van der Waals surface area contributed by atoms with Crippen LogP contribution < -0.4 is 0 Å². The van der Waals surface area contributed by atoms with Crippen LogP contribution in [0.1, 0.15) is 23.2 Å². The maximum absolute atomic E-state index is 12.3. The molecule has 1 aromatic carbocycles. The van der Waals surface area contributed by atoms with Crippen LogP contribution in [-0.4, -0.2) is 64.6 Å². The van der Waals surface area contributed by atoms with Crippen molar-refractivity contribution < 1.29 is 19.8 Å². The van der Waals surface area contributed by atoms with Gasteiger partial charge in [0.1, 0.15) is 5.75 Å². The van der Waals surface area contributed by atoms with Gasteiger partial charge in [0, 0.05) is 38.2 Å². The Hall–Kier alpha value is -2.08. The van der Waals surface area contributed by atoms with Gasteiger partial charge in [0.25, 0.3) is 5.91 Å². The number of carbonyl (C=O) groups is 2. The van der Waals surface area contributed by atoms with Gasteiger partial charge in [-0.3, -0.25) is 14.5 Å². The molecule has 2 N–H and O–H groups in total. The van der Waals surface area contributed by atoms with Crippen LogP contribution in [0, 0.1) is 0 Å². The number of carboxylic acid groups (broad SMARTS) is 1. The van der Waals surface area contributed by atoms with Gasteiger partial charge in [-0.25, -0.2) is 0 Å². The molecule has 0 unspecified atom stereocenters. The van der Waals surface area contributed by atoms with Gasteiger partial charge in [0.05, 0.1) is 0 Å². The number of phenolic OH excluding ortho intramolecular Hbond substituents is 1. The Morgan fingerprint density at radius 1 is 1.05 bits per heavy atom. The first-order valence-corrected chi connectivity index (χ1v) is 7.09. The summed E-state index contributed by atoms with van der Waals surface area (Å²) in [6.07, 6.45) is 0.827. The number of nitrogens with zero attached hydrogens (tertiary/aromatic N) is 2. The fraction of sp³-hybridized carbons (Fsp3) is 0.467. The molecular weight excluding hydrogens is 272 g/mol. The smallest absolute Gasteiger partial charge is 0.303 e. The normalized spacial score (nSPS) is 15.9. The monoisotopic (exact) mass is 292 g/mol. The van der Waals surface area contributed by atoms with Gasteiger partial charge >= 0.3 is 5.97 Å². The topological polar surface area (TPSA) is 81.1 Å². The molecule has 0 atom stereocenters. The number of amides is 1. The van der Waals surface area contributed by atoms with Crippen LogP contribution in [0.2, 0.25) is 0 Å². The fourth-order valence-electron chi connectivity index (χ4n) is 2.42. The Morgan fingerprint density at radius 3 is 2.24 bits per heavy atom. The van der Waals surface area contributed by atoms with Gasteiger partial charge in [-0.05, 0) is 37.2 Å². The predicted molar refractivity (Wildman–Crippen MR) is 77.3 cm³/mol. The SMILES string of the molecule is O=C(O)CCCN1CCN(C(=O)c2ccc(O)cc2)CC1. The van der Waals surface area contributed by atoms with Crippen LogP contribution in [0.4, 0.5) is 0 Å². The van der Waals surface area contributed by atoms with Gasteiger partial charge < -0.3 is 15.1 Å². The number of benzene rings is 1. The molecule has 6 heteroatoms. The lowest BCUT2D eigenvalue weighted by molar-refractivity contribution is -0.137. The number of carboxylic acids is 1. The van der Waals surface area contributed by atoms with E-state index in [0.717, 1.165) is 19.6 Å². The molecule has 0 spiro atoms. The summed E-state index contributed by atoms with van der Waals surface area (Å²) in [7, 11) is 0. The van der Waals surface area contributed by atoms with Crippen LogP contribution in [0.3, 0.4) is 0 Å². The highest BCUT2D eigenvalue weighted by molar-refractivity contribution is 5.94. The van der Waals surface area contributed by atoms with Crippen LogP contribution in [0.25, 0.3) is 0 Å². The Balaban J connectivity index is 1.79.